The molecule has 1 amide bonds. The lowest BCUT2D eigenvalue weighted by Gasteiger charge is -2.18. The van der Waals surface area contributed by atoms with Crippen LogP contribution in [0.25, 0.3) is 0 Å². The fourth-order valence-corrected chi connectivity index (χ4v) is 2.37. The van der Waals surface area contributed by atoms with E-state index in [1.54, 1.807) is 6.92 Å². The van der Waals surface area contributed by atoms with Crippen molar-refractivity contribution in [2.45, 2.75) is 40.2 Å². The van der Waals surface area contributed by atoms with Crippen LogP contribution in [0.2, 0.25) is 0 Å². The van der Waals surface area contributed by atoms with Gasteiger partial charge in [0.2, 0.25) is 0 Å². The van der Waals surface area contributed by atoms with Crippen LogP contribution >= 0.6 is 0 Å². The smallest absolute Gasteiger partial charge is 0.265 e. The number of benzene rings is 2. The quantitative estimate of drug-likeness (QED) is 0.895. The molecule has 0 aliphatic carbocycles. The molecule has 0 saturated heterocycles. The molecule has 0 aliphatic rings. The second-order valence-electron chi connectivity index (χ2n) is 5.53. The Morgan fingerprint density at radius 3 is 2.59 bits per heavy atom. The summed E-state index contributed by atoms with van der Waals surface area (Å²) in [6, 6.07) is 13.8. The third-order valence-corrected chi connectivity index (χ3v) is 3.66. The second-order valence-corrected chi connectivity index (χ2v) is 5.53. The van der Waals surface area contributed by atoms with Gasteiger partial charge in [-0.3, -0.25) is 4.79 Å². The topological polar surface area (TPSA) is 38.3 Å². The molecule has 0 aromatic heterocycles. The molecule has 3 heteroatoms. The Kier molecular flexibility index (Phi) is 5.21. The van der Waals surface area contributed by atoms with Crippen LogP contribution in [0.3, 0.4) is 0 Å². The van der Waals surface area contributed by atoms with Crippen molar-refractivity contribution in [3.05, 3.63) is 59.2 Å². The van der Waals surface area contributed by atoms with Gasteiger partial charge in [0.05, 0.1) is 0 Å². The van der Waals surface area contributed by atoms with Gasteiger partial charge in [0.25, 0.3) is 5.91 Å². The molecule has 2 aromatic rings. The molecule has 116 valence electrons. The zero-order valence-corrected chi connectivity index (χ0v) is 13.6. The van der Waals surface area contributed by atoms with Crippen LogP contribution in [-0.2, 0) is 11.2 Å². The largest absolute Gasteiger partial charge is 0.481 e. The van der Waals surface area contributed by atoms with Crippen LogP contribution < -0.4 is 10.1 Å². The Hall–Kier alpha value is -2.29. The minimum atomic E-state index is -0.550. The van der Waals surface area contributed by atoms with Gasteiger partial charge < -0.3 is 10.1 Å². The Morgan fingerprint density at radius 2 is 1.91 bits per heavy atom. The van der Waals surface area contributed by atoms with Crippen LogP contribution in [0.1, 0.15) is 30.5 Å². The lowest BCUT2D eigenvalue weighted by molar-refractivity contribution is -0.122. The van der Waals surface area contributed by atoms with E-state index in [4.69, 9.17) is 4.74 Å². The first-order valence-electron chi connectivity index (χ1n) is 7.64. The Bertz CT molecular complexity index is 664. The Balaban J connectivity index is 2.09. The van der Waals surface area contributed by atoms with Crippen molar-refractivity contribution in [2.75, 3.05) is 5.32 Å². The fourth-order valence-electron chi connectivity index (χ4n) is 2.37. The Labute approximate surface area is 132 Å². The lowest BCUT2D eigenvalue weighted by Crippen LogP contribution is -2.30. The predicted molar refractivity (Wildman–Crippen MR) is 90.5 cm³/mol. The van der Waals surface area contributed by atoms with Crippen molar-refractivity contribution in [3.8, 4) is 5.75 Å². The van der Waals surface area contributed by atoms with Gasteiger partial charge in [-0.1, -0.05) is 37.3 Å². The molecule has 0 aliphatic heterocycles. The van der Waals surface area contributed by atoms with E-state index in [1.165, 1.54) is 0 Å². The lowest BCUT2D eigenvalue weighted by atomic mass is 10.1. The molecule has 1 atom stereocenters. The van der Waals surface area contributed by atoms with E-state index >= 15 is 0 Å². The van der Waals surface area contributed by atoms with E-state index in [0.29, 0.717) is 5.75 Å². The summed E-state index contributed by atoms with van der Waals surface area (Å²) in [6.07, 6.45) is 0.329. The number of aryl methyl sites for hydroxylation is 3. The van der Waals surface area contributed by atoms with Gasteiger partial charge in [-0.2, -0.15) is 0 Å². The van der Waals surface area contributed by atoms with Gasteiger partial charge in [-0.15, -0.1) is 0 Å². The number of hydrogen-bond acceptors (Lipinski definition) is 2. The van der Waals surface area contributed by atoms with Crippen molar-refractivity contribution in [3.63, 3.8) is 0 Å². The molecule has 2 rings (SSSR count). The molecular weight excluding hydrogens is 274 g/mol. The molecule has 22 heavy (non-hydrogen) atoms. The van der Waals surface area contributed by atoms with Gasteiger partial charge in [-0.05, 0) is 56.0 Å². The number of ether oxygens (including phenoxy) is 1. The van der Waals surface area contributed by atoms with Crippen molar-refractivity contribution in [2.24, 2.45) is 0 Å². The summed E-state index contributed by atoms with van der Waals surface area (Å²) < 4.78 is 5.73. The zero-order valence-electron chi connectivity index (χ0n) is 13.6. The molecule has 0 spiro atoms. The highest BCUT2D eigenvalue weighted by Crippen LogP contribution is 2.22. The summed E-state index contributed by atoms with van der Waals surface area (Å²) in [5.41, 5.74) is 4.21. The molecule has 1 N–H and O–H groups in total. The van der Waals surface area contributed by atoms with Gasteiger partial charge in [-0.25, -0.2) is 0 Å². The highest BCUT2D eigenvalue weighted by Gasteiger charge is 2.17. The van der Waals surface area contributed by atoms with Gasteiger partial charge >= 0.3 is 0 Å². The van der Waals surface area contributed by atoms with Crippen molar-refractivity contribution >= 4 is 11.6 Å². The first-order valence-corrected chi connectivity index (χ1v) is 7.64. The van der Waals surface area contributed by atoms with Crippen molar-refractivity contribution in [1.29, 1.82) is 0 Å². The SMILES string of the molecule is CCc1cccc(C)c1NC(=O)[C@@H](C)Oc1cccc(C)c1. The van der Waals surface area contributed by atoms with E-state index in [-0.39, 0.29) is 5.91 Å². The number of rotatable bonds is 5. The highest BCUT2D eigenvalue weighted by atomic mass is 16.5. The molecule has 0 unspecified atom stereocenters. The fraction of sp³-hybridized carbons (Fsp3) is 0.316. The predicted octanol–water partition coefficient (Wildman–Crippen LogP) is 4.27. The summed E-state index contributed by atoms with van der Waals surface area (Å²) in [4.78, 5) is 12.4. The molecular formula is C19H23NO2. The standard InChI is InChI=1S/C19H23NO2/c1-5-16-10-7-9-14(3)18(16)20-19(21)15(4)22-17-11-6-8-13(2)12-17/h6-12,15H,5H2,1-4H3,(H,20,21)/t15-/m1/s1. The first kappa shape index (κ1) is 16.1. The highest BCUT2D eigenvalue weighted by molar-refractivity contribution is 5.95. The summed E-state index contributed by atoms with van der Waals surface area (Å²) in [5, 5.41) is 3.00. The molecule has 0 radical (unpaired) electrons. The Morgan fingerprint density at radius 1 is 1.18 bits per heavy atom. The first-order chi connectivity index (χ1) is 10.5. The van der Waals surface area contributed by atoms with Crippen LogP contribution in [0.15, 0.2) is 42.5 Å². The van der Waals surface area contributed by atoms with Crippen molar-refractivity contribution in [1.82, 2.24) is 0 Å². The molecule has 3 nitrogen and oxygen atoms in total. The third-order valence-electron chi connectivity index (χ3n) is 3.66. The van der Waals surface area contributed by atoms with E-state index in [1.807, 2.05) is 56.3 Å². The maximum atomic E-state index is 12.4. The minimum Gasteiger partial charge on any atom is -0.481 e. The summed E-state index contributed by atoms with van der Waals surface area (Å²) in [5.74, 6) is 0.577. The number of hydrogen-bond donors (Lipinski definition) is 1. The van der Waals surface area contributed by atoms with Crippen LogP contribution in [0.5, 0.6) is 5.75 Å². The number of carbonyl (C=O) groups is 1. The number of nitrogens with one attached hydrogen (secondary N) is 1. The van der Waals surface area contributed by atoms with Crippen LogP contribution in [-0.4, -0.2) is 12.0 Å². The van der Waals surface area contributed by atoms with Gasteiger partial charge in [0, 0.05) is 5.69 Å². The monoisotopic (exact) mass is 297 g/mol. The molecule has 2 aromatic carbocycles. The summed E-state index contributed by atoms with van der Waals surface area (Å²) in [7, 11) is 0. The normalized spacial score (nSPS) is 11.8. The molecule has 0 fully saturated rings. The van der Waals surface area contributed by atoms with E-state index in [0.717, 1.165) is 28.8 Å². The average molecular weight is 297 g/mol. The number of para-hydroxylation sites is 1. The van der Waals surface area contributed by atoms with Crippen molar-refractivity contribution < 1.29 is 9.53 Å². The van der Waals surface area contributed by atoms with E-state index in [2.05, 4.69) is 12.2 Å². The zero-order chi connectivity index (χ0) is 16.1. The average Bonchev–Trinajstić information content (AvgIpc) is 2.49. The molecule has 0 saturated carbocycles. The number of amides is 1. The molecule has 0 heterocycles. The number of carbonyl (C=O) groups excluding carboxylic acids is 1. The van der Waals surface area contributed by atoms with Gasteiger partial charge in [0.15, 0.2) is 6.10 Å². The minimum absolute atomic E-state index is 0.134. The van der Waals surface area contributed by atoms with Gasteiger partial charge in [0.1, 0.15) is 5.75 Å². The van der Waals surface area contributed by atoms with E-state index in [9.17, 15) is 4.79 Å². The van der Waals surface area contributed by atoms with Crippen LogP contribution in [0, 0.1) is 13.8 Å². The number of anilines is 1. The summed E-state index contributed by atoms with van der Waals surface area (Å²) >= 11 is 0. The summed E-state index contributed by atoms with van der Waals surface area (Å²) in [6.45, 7) is 7.85. The van der Waals surface area contributed by atoms with E-state index < -0.39 is 6.10 Å². The third kappa shape index (κ3) is 3.88. The molecule has 0 bridgehead atoms. The second kappa shape index (κ2) is 7.12. The maximum absolute atomic E-state index is 12.4. The maximum Gasteiger partial charge on any atom is 0.265 e. The van der Waals surface area contributed by atoms with Crippen LogP contribution in [0.4, 0.5) is 5.69 Å².